The van der Waals surface area contributed by atoms with Crippen LogP contribution in [0.25, 0.3) is 11.6 Å². The fraction of sp³-hybridized carbons (Fsp3) is 0.211. The molecule has 0 aliphatic heterocycles. The Morgan fingerprint density at radius 2 is 1.60 bits per heavy atom. The van der Waals surface area contributed by atoms with Crippen LogP contribution in [0.15, 0.2) is 60.7 Å². The van der Waals surface area contributed by atoms with Gasteiger partial charge >= 0.3 is 0 Å². The second kappa shape index (κ2) is 5.87. The summed E-state index contributed by atoms with van der Waals surface area (Å²) in [5.41, 5.74) is 3.73. The zero-order chi connectivity index (χ0) is 13.8. The molecule has 1 nitrogen and oxygen atoms in total. The van der Waals surface area contributed by atoms with Gasteiger partial charge in [0.2, 0.25) is 0 Å². The Kier molecular flexibility index (Phi) is 3.78. The Morgan fingerprint density at radius 1 is 0.950 bits per heavy atom. The third-order valence-electron chi connectivity index (χ3n) is 3.91. The van der Waals surface area contributed by atoms with Gasteiger partial charge in [-0.25, -0.2) is 0 Å². The summed E-state index contributed by atoms with van der Waals surface area (Å²) >= 11 is 0. The average molecular weight is 262 g/mol. The third-order valence-corrected chi connectivity index (χ3v) is 3.91. The molecule has 0 saturated heterocycles. The summed E-state index contributed by atoms with van der Waals surface area (Å²) in [4.78, 5) is 11.6. The van der Waals surface area contributed by atoms with Gasteiger partial charge in [-0.05, 0) is 29.0 Å². The van der Waals surface area contributed by atoms with Crippen LogP contribution in [0.2, 0.25) is 0 Å². The Bertz CT molecular complexity index is 611. The first-order valence-corrected chi connectivity index (χ1v) is 7.17. The molecule has 1 saturated carbocycles. The van der Waals surface area contributed by atoms with E-state index in [1.165, 1.54) is 16.7 Å². The maximum absolute atomic E-state index is 11.6. The van der Waals surface area contributed by atoms with E-state index in [0.717, 1.165) is 12.8 Å². The number of allylic oxidation sites excluding steroid dienone is 1. The minimum atomic E-state index is 0.366. The van der Waals surface area contributed by atoms with Crippen molar-refractivity contribution in [1.82, 2.24) is 0 Å². The van der Waals surface area contributed by atoms with Gasteiger partial charge in [-0.1, -0.05) is 66.7 Å². The fourth-order valence-electron chi connectivity index (χ4n) is 2.88. The van der Waals surface area contributed by atoms with Gasteiger partial charge in [0.1, 0.15) is 5.78 Å². The molecule has 2 aromatic rings. The van der Waals surface area contributed by atoms with Crippen molar-refractivity contribution in [3.8, 4) is 0 Å². The van der Waals surface area contributed by atoms with E-state index >= 15 is 0 Å². The number of ketones is 1. The number of benzene rings is 2. The molecule has 20 heavy (non-hydrogen) atoms. The molecule has 1 fully saturated rings. The second-order valence-corrected chi connectivity index (χ2v) is 5.35. The molecule has 100 valence electrons. The molecule has 0 radical (unpaired) electrons. The first kappa shape index (κ1) is 12.9. The van der Waals surface area contributed by atoms with Crippen molar-refractivity contribution in [2.24, 2.45) is 5.92 Å². The van der Waals surface area contributed by atoms with Crippen LogP contribution in [-0.2, 0) is 4.79 Å². The normalized spacial score (nSPS) is 19.3. The Labute approximate surface area is 120 Å². The van der Waals surface area contributed by atoms with E-state index < -0.39 is 0 Å². The van der Waals surface area contributed by atoms with E-state index in [2.05, 4.69) is 42.5 Å². The van der Waals surface area contributed by atoms with Gasteiger partial charge < -0.3 is 0 Å². The molecule has 0 spiro atoms. The number of hydrogen-bond donors (Lipinski definition) is 0. The average Bonchev–Trinajstić information content (AvgIpc) is 2.93. The van der Waals surface area contributed by atoms with E-state index in [1.807, 2.05) is 24.3 Å². The lowest BCUT2D eigenvalue weighted by Crippen LogP contribution is -1.99. The van der Waals surface area contributed by atoms with Crippen LogP contribution < -0.4 is 0 Å². The van der Waals surface area contributed by atoms with Crippen molar-refractivity contribution >= 4 is 17.4 Å². The highest BCUT2D eigenvalue weighted by Gasteiger charge is 2.25. The molecule has 1 atom stereocenters. The largest absolute Gasteiger partial charge is 0.300 e. The van der Waals surface area contributed by atoms with Gasteiger partial charge in [-0.15, -0.1) is 0 Å². The Hall–Kier alpha value is -2.15. The number of hydrogen-bond acceptors (Lipinski definition) is 1. The molecular formula is C19H18O. The number of Topliss-reactive ketones (excluding diaryl/α,β-unsaturated/α-hetero) is 1. The van der Waals surface area contributed by atoms with Crippen LogP contribution in [0, 0.1) is 5.92 Å². The van der Waals surface area contributed by atoms with Gasteiger partial charge in [0.05, 0.1) is 0 Å². The maximum atomic E-state index is 11.6. The monoisotopic (exact) mass is 262 g/mol. The topological polar surface area (TPSA) is 17.1 Å². The van der Waals surface area contributed by atoms with Crippen LogP contribution in [0.1, 0.15) is 30.4 Å². The summed E-state index contributed by atoms with van der Waals surface area (Å²) in [7, 11) is 0. The summed E-state index contributed by atoms with van der Waals surface area (Å²) in [6.07, 6.45) is 4.63. The van der Waals surface area contributed by atoms with Gasteiger partial charge in [0.25, 0.3) is 0 Å². The Morgan fingerprint density at radius 3 is 2.20 bits per heavy atom. The minimum absolute atomic E-state index is 0.366. The molecule has 0 amide bonds. The molecule has 0 heterocycles. The first-order valence-electron chi connectivity index (χ1n) is 7.17. The molecule has 2 aromatic carbocycles. The van der Waals surface area contributed by atoms with Crippen LogP contribution in [0.3, 0.4) is 0 Å². The zero-order valence-corrected chi connectivity index (χ0v) is 11.5. The lowest BCUT2D eigenvalue weighted by molar-refractivity contribution is -0.117. The first-order chi connectivity index (χ1) is 9.83. The SMILES string of the molecule is O=C1CCC(/C(=C/c2ccccc2)c2ccccc2)C1. The zero-order valence-electron chi connectivity index (χ0n) is 11.5. The summed E-state index contributed by atoms with van der Waals surface area (Å²) in [5.74, 6) is 0.759. The van der Waals surface area contributed by atoms with Crippen LogP contribution in [0.4, 0.5) is 0 Å². The van der Waals surface area contributed by atoms with Gasteiger partial charge in [-0.3, -0.25) is 4.79 Å². The smallest absolute Gasteiger partial charge is 0.133 e. The van der Waals surface area contributed by atoms with Crippen molar-refractivity contribution < 1.29 is 4.79 Å². The fourth-order valence-corrected chi connectivity index (χ4v) is 2.88. The lowest BCUT2D eigenvalue weighted by atomic mass is 9.89. The van der Waals surface area contributed by atoms with Crippen molar-refractivity contribution in [1.29, 1.82) is 0 Å². The summed E-state index contributed by atoms with van der Waals surface area (Å²) in [5, 5.41) is 0. The van der Waals surface area contributed by atoms with E-state index in [4.69, 9.17) is 0 Å². The molecule has 0 bridgehead atoms. The van der Waals surface area contributed by atoms with Crippen molar-refractivity contribution in [2.75, 3.05) is 0 Å². The van der Waals surface area contributed by atoms with Crippen molar-refractivity contribution in [3.63, 3.8) is 0 Å². The number of carbonyl (C=O) groups is 1. The second-order valence-electron chi connectivity index (χ2n) is 5.35. The third kappa shape index (κ3) is 2.88. The van der Waals surface area contributed by atoms with E-state index in [1.54, 1.807) is 0 Å². The van der Waals surface area contributed by atoms with Crippen LogP contribution in [-0.4, -0.2) is 5.78 Å². The van der Waals surface area contributed by atoms with E-state index in [-0.39, 0.29) is 0 Å². The highest BCUT2D eigenvalue weighted by atomic mass is 16.1. The maximum Gasteiger partial charge on any atom is 0.133 e. The molecule has 0 aromatic heterocycles. The van der Waals surface area contributed by atoms with E-state index in [0.29, 0.717) is 18.1 Å². The summed E-state index contributed by atoms with van der Waals surface area (Å²) in [6.45, 7) is 0. The quantitative estimate of drug-likeness (QED) is 0.739. The van der Waals surface area contributed by atoms with Gasteiger partial charge in [-0.2, -0.15) is 0 Å². The Balaban J connectivity index is 2.00. The van der Waals surface area contributed by atoms with Crippen LogP contribution in [0.5, 0.6) is 0 Å². The molecule has 1 unspecified atom stereocenters. The van der Waals surface area contributed by atoms with Crippen LogP contribution >= 0.6 is 0 Å². The van der Waals surface area contributed by atoms with E-state index in [9.17, 15) is 4.79 Å². The molecule has 0 N–H and O–H groups in total. The minimum Gasteiger partial charge on any atom is -0.300 e. The number of rotatable bonds is 3. The summed E-state index contributed by atoms with van der Waals surface area (Å²) in [6, 6.07) is 20.8. The predicted octanol–water partition coefficient (Wildman–Crippen LogP) is 4.60. The van der Waals surface area contributed by atoms with Gasteiger partial charge in [0, 0.05) is 12.8 Å². The highest BCUT2D eigenvalue weighted by molar-refractivity contribution is 5.89. The molecular weight excluding hydrogens is 244 g/mol. The predicted molar refractivity (Wildman–Crippen MR) is 83.1 cm³/mol. The molecule has 1 aliphatic rings. The van der Waals surface area contributed by atoms with Crippen molar-refractivity contribution in [2.45, 2.75) is 19.3 Å². The lowest BCUT2D eigenvalue weighted by Gasteiger charge is -2.15. The number of carbonyl (C=O) groups excluding carboxylic acids is 1. The van der Waals surface area contributed by atoms with Gasteiger partial charge in [0.15, 0.2) is 0 Å². The molecule has 1 heteroatoms. The highest BCUT2D eigenvalue weighted by Crippen LogP contribution is 2.36. The summed E-state index contributed by atoms with van der Waals surface area (Å²) < 4.78 is 0. The molecule has 3 rings (SSSR count). The standard InChI is InChI=1S/C19H18O/c20-18-12-11-17(14-18)19(16-9-5-2-6-10-16)13-15-7-3-1-4-8-15/h1-10,13,17H,11-12,14H2/b19-13+. The molecule has 1 aliphatic carbocycles. The van der Waals surface area contributed by atoms with Crippen molar-refractivity contribution in [3.05, 3.63) is 71.8 Å².